The van der Waals surface area contributed by atoms with Crippen LogP contribution in [0.2, 0.25) is 0 Å². The minimum absolute atomic E-state index is 0.339. The van der Waals surface area contributed by atoms with Gasteiger partial charge in [-0.25, -0.2) is 0 Å². The van der Waals surface area contributed by atoms with Gasteiger partial charge < -0.3 is 0 Å². The predicted molar refractivity (Wildman–Crippen MR) is 62.6 cm³/mol. The van der Waals surface area contributed by atoms with E-state index in [-0.39, 0.29) is 0 Å². The van der Waals surface area contributed by atoms with Crippen molar-refractivity contribution in [1.82, 2.24) is 9.80 Å². The first-order chi connectivity index (χ1) is 6.38. The molecule has 0 N–H and O–H groups in total. The van der Waals surface area contributed by atoms with Crippen LogP contribution in [0.15, 0.2) is 0 Å². The minimum atomic E-state index is 0.339. The van der Waals surface area contributed by atoms with Crippen molar-refractivity contribution in [1.29, 1.82) is 0 Å². The molecule has 1 aliphatic rings. The van der Waals surface area contributed by atoms with Crippen molar-refractivity contribution in [2.75, 3.05) is 19.6 Å². The third-order valence-electron chi connectivity index (χ3n) is 3.52. The average molecular weight is 198 g/mol. The molecule has 1 saturated heterocycles. The molecule has 14 heavy (non-hydrogen) atoms. The maximum absolute atomic E-state index is 2.62. The third-order valence-corrected chi connectivity index (χ3v) is 3.52. The van der Waals surface area contributed by atoms with E-state index in [0.717, 1.165) is 0 Å². The standard InChI is InChI=1S/C12H26N2/c1-7-13-8-11(4)14(10(2)3)9-12(13,5)6/h10-11H,7-9H2,1-6H3. The SMILES string of the molecule is CCN1CC(C)N(C(C)C)CC1(C)C. The molecule has 0 aromatic carbocycles. The van der Waals surface area contributed by atoms with Crippen LogP contribution in [-0.4, -0.2) is 47.1 Å². The molecule has 1 heterocycles. The van der Waals surface area contributed by atoms with E-state index in [2.05, 4.69) is 51.3 Å². The Hall–Kier alpha value is -0.0800. The maximum atomic E-state index is 2.62. The number of piperazine rings is 1. The van der Waals surface area contributed by atoms with Gasteiger partial charge in [-0.1, -0.05) is 6.92 Å². The van der Waals surface area contributed by atoms with Gasteiger partial charge in [0.25, 0.3) is 0 Å². The second kappa shape index (κ2) is 4.19. The van der Waals surface area contributed by atoms with Crippen molar-refractivity contribution in [3.63, 3.8) is 0 Å². The van der Waals surface area contributed by atoms with Gasteiger partial charge >= 0.3 is 0 Å². The molecular formula is C12H26N2. The molecule has 0 bridgehead atoms. The van der Waals surface area contributed by atoms with Crippen LogP contribution in [0, 0.1) is 0 Å². The van der Waals surface area contributed by atoms with Crippen LogP contribution in [0.25, 0.3) is 0 Å². The fourth-order valence-electron chi connectivity index (χ4n) is 2.62. The summed E-state index contributed by atoms with van der Waals surface area (Å²) >= 11 is 0. The Balaban J connectivity index is 2.72. The normalized spacial score (nSPS) is 29.8. The highest BCUT2D eigenvalue weighted by Gasteiger charge is 2.36. The molecular weight excluding hydrogens is 172 g/mol. The van der Waals surface area contributed by atoms with Crippen LogP contribution in [0.5, 0.6) is 0 Å². The minimum Gasteiger partial charge on any atom is -0.296 e. The van der Waals surface area contributed by atoms with Gasteiger partial charge in [0.15, 0.2) is 0 Å². The largest absolute Gasteiger partial charge is 0.296 e. The highest BCUT2D eigenvalue weighted by molar-refractivity contribution is 4.93. The van der Waals surface area contributed by atoms with Gasteiger partial charge in [0.2, 0.25) is 0 Å². The molecule has 2 nitrogen and oxygen atoms in total. The van der Waals surface area contributed by atoms with Crippen LogP contribution in [-0.2, 0) is 0 Å². The zero-order valence-electron chi connectivity index (χ0n) is 10.7. The number of hydrogen-bond acceptors (Lipinski definition) is 2. The molecule has 0 aromatic heterocycles. The zero-order valence-corrected chi connectivity index (χ0v) is 10.7. The molecule has 0 aliphatic carbocycles. The second-order valence-electron chi connectivity index (χ2n) is 5.47. The van der Waals surface area contributed by atoms with E-state index in [1.807, 2.05) is 0 Å². The monoisotopic (exact) mass is 198 g/mol. The van der Waals surface area contributed by atoms with Crippen LogP contribution < -0.4 is 0 Å². The molecule has 0 saturated carbocycles. The van der Waals surface area contributed by atoms with Crippen LogP contribution in [0.4, 0.5) is 0 Å². The first kappa shape index (κ1) is 12.0. The summed E-state index contributed by atoms with van der Waals surface area (Å²) < 4.78 is 0. The van der Waals surface area contributed by atoms with E-state index in [4.69, 9.17) is 0 Å². The van der Waals surface area contributed by atoms with Gasteiger partial charge in [-0.3, -0.25) is 9.80 Å². The topological polar surface area (TPSA) is 6.48 Å². The average Bonchev–Trinajstić information content (AvgIpc) is 2.07. The van der Waals surface area contributed by atoms with Gasteiger partial charge in [0.1, 0.15) is 0 Å². The number of rotatable bonds is 2. The number of likely N-dealkylation sites (N-methyl/N-ethyl adjacent to an activating group) is 1. The molecule has 1 rings (SSSR count). The highest BCUT2D eigenvalue weighted by Crippen LogP contribution is 2.25. The van der Waals surface area contributed by atoms with Crippen molar-refractivity contribution < 1.29 is 0 Å². The van der Waals surface area contributed by atoms with E-state index in [0.29, 0.717) is 17.6 Å². The Morgan fingerprint density at radius 1 is 1.36 bits per heavy atom. The van der Waals surface area contributed by atoms with Gasteiger partial charge in [-0.15, -0.1) is 0 Å². The fraction of sp³-hybridized carbons (Fsp3) is 1.00. The molecule has 0 amide bonds. The van der Waals surface area contributed by atoms with Crippen molar-refractivity contribution in [2.24, 2.45) is 0 Å². The molecule has 1 aliphatic heterocycles. The van der Waals surface area contributed by atoms with Gasteiger partial charge in [-0.2, -0.15) is 0 Å². The summed E-state index contributed by atoms with van der Waals surface area (Å²) in [5, 5.41) is 0. The van der Waals surface area contributed by atoms with E-state index < -0.39 is 0 Å². The molecule has 1 unspecified atom stereocenters. The van der Waals surface area contributed by atoms with E-state index >= 15 is 0 Å². The number of hydrogen-bond donors (Lipinski definition) is 0. The molecule has 1 atom stereocenters. The Labute approximate surface area is 89.3 Å². The van der Waals surface area contributed by atoms with E-state index in [1.54, 1.807) is 0 Å². The van der Waals surface area contributed by atoms with Crippen molar-refractivity contribution in [3.05, 3.63) is 0 Å². The lowest BCUT2D eigenvalue weighted by Crippen LogP contribution is -2.63. The van der Waals surface area contributed by atoms with Crippen LogP contribution in [0.3, 0.4) is 0 Å². The molecule has 1 fully saturated rings. The molecule has 0 spiro atoms. The lowest BCUT2D eigenvalue weighted by atomic mass is 9.95. The lowest BCUT2D eigenvalue weighted by Gasteiger charge is -2.51. The van der Waals surface area contributed by atoms with Crippen molar-refractivity contribution >= 4 is 0 Å². The Morgan fingerprint density at radius 3 is 2.36 bits per heavy atom. The van der Waals surface area contributed by atoms with Gasteiger partial charge in [0, 0.05) is 30.7 Å². The molecule has 0 aromatic rings. The highest BCUT2D eigenvalue weighted by atomic mass is 15.3. The van der Waals surface area contributed by atoms with Gasteiger partial charge in [-0.05, 0) is 41.2 Å². The van der Waals surface area contributed by atoms with Crippen LogP contribution in [0.1, 0.15) is 41.5 Å². The molecule has 2 heteroatoms. The maximum Gasteiger partial charge on any atom is 0.0280 e. The summed E-state index contributed by atoms with van der Waals surface area (Å²) in [6.45, 7) is 17.5. The second-order valence-corrected chi connectivity index (χ2v) is 5.47. The molecule has 84 valence electrons. The van der Waals surface area contributed by atoms with E-state index in [9.17, 15) is 0 Å². The summed E-state index contributed by atoms with van der Waals surface area (Å²) in [6.07, 6.45) is 0. The first-order valence-corrected chi connectivity index (χ1v) is 5.89. The van der Waals surface area contributed by atoms with Gasteiger partial charge in [0.05, 0.1) is 0 Å². The quantitative estimate of drug-likeness (QED) is 0.671. The van der Waals surface area contributed by atoms with E-state index in [1.165, 1.54) is 19.6 Å². The van der Waals surface area contributed by atoms with Crippen LogP contribution >= 0.6 is 0 Å². The fourth-order valence-corrected chi connectivity index (χ4v) is 2.62. The predicted octanol–water partition coefficient (Wildman–Crippen LogP) is 2.20. The third kappa shape index (κ3) is 2.29. The summed E-state index contributed by atoms with van der Waals surface area (Å²) in [5.74, 6) is 0. The summed E-state index contributed by atoms with van der Waals surface area (Å²) in [5.41, 5.74) is 0.339. The summed E-state index contributed by atoms with van der Waals surface area (Å²) in [6, 6.07) is 1.37. The lowest BCUT2D eigenvalue weighted by molar-refractivity contribution is -0.0232. The smallest absolute Gasteiger partial charge is 0.0280 e. The Bertz CT molecular complexity index is 187. The van der Waals surface area contributed by atoms with Crippen molar-refractivity contribution in [2.45, 2.75) is 59.2 Å². The summed E-state index contributed by atoms with van der Waals surface area (Å²) in [7, 11) is 0. The zero-order chi connectivity index (χ0) is 10.9. The Morgan fingerprint density at radius 2 is 1.93 bits per heavy atom. The Kier molecular flexibility index (Phi) is 3.59. The number of nitrogens with zero attached hydrogens (tertiary/aromatic N) is 2. The van der Waals surface area contributed by atoms with Crippen molar-refractivity contribution in [3.8, 4) is 0 Å². The first-order valence-electron chi connectivity index (χ1n) is 5.89. The summed E-state index contributed by atoms with van der Waals surface area (Å²) in [4.78, 5) is 5.21. The molecule has 0 radical (unpaired) electrons.